The van der Waals surface area contributed by atoms with Crippen LogP contribution in [0.15, 0.2) is 36.4 Å². The number of ether oxygens (including phenoxy) is 1. The number of thiophene rings is 1. The Balaban J connectivity index is 2.02. The zero-order valence-electron chi connectivity index (χ0n) is 10.2. The van der Waals surface area contributed by atoms with E-state index in [1.54, 1.807) is 11.3 Å². The van der Waals surface area contributed by atoms with Crippen LogP contribution in [-0.4, -0.2) is 6.54 Å². The monoisotopic (exact) mass is 281 g/mol. The second kappa shape index (κ2) is 6.34. The highest BCUT2D eigenvalue weighted by Gasteiger charge is 2.12. The fourth-order valence-electron chi connectivity index (χ4n) is 1.70. The topological polar surface area (TPSA) is 35.2 Å². The summed E-state index contributed by atoms with van der Waals surface area (Å²) in [6.45, 7) is 3.04. The number of halogens is 1. The molecule has 0 aliphatic heterocycles. The number of rotatable bonds is 5. The molecule has 0 radical (unpaired) electrons. The first kappa shape index (κ1) is 13.6. The van der Waals surface area contributed by atoms with Crippen LogP contribution in [-0.2, 0) is 11.3 Å². The Morgan fingerprint density at radius 3 is 2.67 bits per heavy atom. The summed E-state index contributed by atoms with van der Waals surface area (Å²) in [7, 11) is 0. The summed E-state index contributed by atoms with van der Waals surface area (Å²) in [6, 6.07) is 11.9. The first-order chi connectivity index (χ1) is 8.70. The van der Waals surface area contributed by atoms with Crippen molar-refractivity contribution in [2.75, 3.05) is 6.54 Å². The van der Waals surface area contributed by atoms with Gasteiger partial charge in [0.2, 0.25) is 0 Å². The molecule has 0 fully saturated rings. The molecule has 0 aliphatic rings. The second-order valence-electron chi connectivity index (χ2n) is 4.08. The SMILES string of the molecule is Cc1ccc(C(CN)OCc2ccccc2Cl)s1. The van der Waals surface area contributed by atoms with Crippen LogP contribution in [0.25, 0.3) is 0 Å². The van der Waals surface area contributed by atoms with Crippen molar-refractivity contribution in [2.45, 2.75) is 19.6 Å². The van der Waals surface area contributed by atoms with Crippen LogP contribution >= 0.6 is 22.9 Å². The third-order valence-corrected chi connectivity index (χ3v) is 4.15. The lowest BCUT2D eigenvalue weighted by atomic mass is 10.2. The Labute approximate surface area is 116 Å². The van der Waals surface area contributed by atoms with Crippen molar-refractivity contribution in [1.29, 1.82) is 0 Å². The molecule has 18 heavy (non-hydrogen) atoms. The minimum Gasteiger partial charge on any atom is -0.367 e. The van der Waals surface area contributed by atoms with Gasteiger partial charge < -0.3 is 10.5 Å². The maximum atomic E-state index is 6.09. The van der Waals surface area contributed by atoms with Gasteiger partial charge in [0.25, 0.3) is 0 Å². The minimum atomic E-state index is -0.0556. The number of hydrogen-bond acceptors (Lipinski definition) is 3. The molecular formula is C14H16ClNOS. The van der Waals surface area contributed by atoms with Gasteiger partial charge in [-0.05, 0) is 30.7 Å². The van der Waals surface area contributed by atoms with Gasteiger partial charge in [0.05, 0.1) is 6.61 Å². The molecule has 2 nitrogen and oxygen atoms in total. The molecule has 1 unspecified atom stereocenters. The number of aryl methyl sites for hydroxylation is 1. The molecule has 4 heteroatoms. The van der Waals surface area contributed by atoms with Crippen LogP contribution in [0, 0.1) is 6.92 Å². The van der Waals surface area contributed by atoms with Gasteiger partial charge in [0, 0.05) is 21.3 Å². The fourth-order valence-corrected chi connectivity index (χ4v) is 2.83. The normalized spacial score (nSPS) is 12.6. The average molecular weight is 282 g/mol. The molecular weight excluding hydrogens is 266 g/mol. The van der Waals surface area contributed by atoms with E-state index in [1.807, 2.05) is 24.3 Å². The van der Waals surface area contributed by atoms with Gasteiger partial charge in [0.1, 0.15) is 6.10 Å². The predicted molar refractivity (Wildman–Crippen MR) is 77.1 cm³/mol. The quantitative estimate of drug-likeness (QED) is 0.901. The number of nitrogens with two attached hydrogens (primary N) is 1. The van der Waals surface area contributed by atoms with Crippen molar-refractivity contribution in [3.8, 4) is 0 Å². The molecule has 0 aliphatic carbocycles. The highest BCUT2D eigenvalue weighted by molar-refractivity contribution is 7.12. The van der Waals surface area contributed by atoms with Crippen molar-refractivity contribution in [3.63, 3.8) is 0 Å². The van der Waals surface area contributed by atoms with Gasteiger partial charge in [-0.15, -0.1) is 11.3 Å². The molecule has 0 spiro atoms. The average Bonchev–Trinajstić information content (AvgIpc) is 2.79. The third kappa shape index (κ3) is 3.33. The molecule has 0 amide bonds. The van der Waals surface area contributed by atoms with Gasteiger partial charge in [-0.3, -0.25) is 0 Å². The van der Waals surface area contributed by atoms with Crippen LogP contribution in [0.4, 0.5) is 0 Å². The van der Waals surface area contributed by atoms with Crippen molar-refractivity contribution < 1.29 is 4.74 Å². The van der Waals surface area contributed by atoms with E-state index < -0.39 is 0 Å². The summed E-state index contributed by atoms with van der Waals surface area (Å²) in [5.74, 6) is 0. The molecule has 2 aromatic rings. The smallest absolute Gasteiger partial charge is 0.104 e. The van der Waals surface area contributed by atoms with E-state index in [-0.39, 0.29) is 6.10 Å². The zero-order chi connectivity index (χ0) is 13.0. The molecule has 2 rings (SSSR count). The highest BCUT2D eigenvalue weighted by Crippen LogP contribution is 2.26. The first-order valence-electron chi connectivity index (χ1n) is 5.82. The van der Waals surface area contributed by atoms with Gasteiger partial charge >= 0.3 is 0 Å². The number of hydrogen-bond donors (Lipinski definition) is 1. The van der Waals surface area contributed by atoms with Crippen molar-refractivity contribution in [1.82, 2.24) is 0 Å². The summed E-state index contributed by atoms with van der Waals surface area (Å²) in [5, 5.41) is 0.732. The van der Waals surface area contributed by atoms with Crippen LogP contribution < -0.4 is 5.73 Å². The van der Waals surface area contributed by atoms with E-state index in [1.165, 1.54) is 9.75 Å². The molecule has 0 saturated carbocycles. The Morgan fingerprint density at radius 1 is 1.28 bits per heavy atom. The number of benzene rings is 1. The predicted octanol–water partition coefficient (Wildman–Crippen LogP) is 3.93. The Morgan fingerprint density at radius 2 is 2.06 bits per heavy atom. The summed E-state index contributed by atoms with van der Waals surface area (Å²) in [6.07, 6.45) is -0.0556. The van der Waals surface area contributed by atoms with E-state index in [0.717, 1.165) is 10.6 Å². The molecule has 96 valence electrons. The molecule has 1 aromatic carbocycles. The van der Waals surface area contributed by atoms with Crippen molar-refractivity contribution in [3.05, 3.63) is 56.7 Å². The highest BCUT2D eigenvalue weighted by atomic mass is 35.5. The van der Waals surface area contributed by atoms with E-state index in [2.05, 4.69) is 19.1 Å². The van der Waals surface area contributed by atoms with Gasteiger partial charge in [-0.25, -0.2) is 0 Å². The van der Waals surface area contributed by atoms with Crippen LogP contribution in [0.1, 0.15) is 21.4 Å². The Bertz CT molecular complexity index is 512. The lowest BCUT2D eigenvalue weighted by molar-refractivity contribution is 0.0480. The van der Waals surface area contributed by atoms with E-state index >= 15 is 0 Å². The van der Waals surface area contributed by atoms with E-state index in [0.29, 0.717) is 13.2 Å². The summed E-state index contributed by atoms with van der Waals surface area (Å²) in [4.78, 5) is 2.44. The molecule has 1 heterocycles. The minimum absolute atomic E-state index is 0.0556. The summed E-state index contributed by atoms with van der Waals surface area (Å²) >= 11 is 7.81. The zero-order valence-corrected chi connectivity index (χ0v) is 11.8. The fraction of sp³-hybridized carbons (Fsp3) is 0.286. The van der Waals surface area contributed by atoms with Crippen molar-refractivity contribution >= 4 is 22.9 Å². The Hall–Kier alpha value is -0.870. The molecule has 0 saturated heterocycles. The largest absolute Gasteiger partial charge is 0.367 e. The van der Waals surface area contributed by atoms with E-state index in [9.17, 15) is 0 Å². The second-order valence-corrected chi connectivity index (χ2v) is 5.80. The maximum Gasteiger partial charge on any atom is 0.104 e. The maximum absolute atomic E-state index is 6.09. The lowest BCUT2D eigenvalue weighted by Gasteiger charge is -2.15. The molecule has 1 aromatic heterocycles. The van der Waals surface area contributed by atoms with Crippen molar-refractivity contribution in [2.24, 2.45) is 5.73 Å². The molecule has 1 atom stereocenters. The Kier molecular flexibility index (Phi) is 4.78. The van der Waals surface area contributed by atoms with Gasteiger partial charge in [0.15, 0.2) is 0 Å². The van der Waals surface area contributed by atoms with Gasteiger partial charge in [-0.1, -0.05) is 29.8 Å². The molecule has 0 bridgehead atoms. The first-order valence-corrected chi connectivity index (χ1v) is 7.01. The third-order valence-electron chi connectivity index (χ3n) is 2.69. The molecule has 2 N–H and O–H groups in total. The lowest BCUT2D eigenvalue weighted by Crippen LogP contribution is -2.14. The summed E-state index contributed by atoms with van der Waals surface area (Å²) in [5.41, 5.74) is 6.76. The standard InChI is InChI=1S/C14H16ClNOS/c1-10-6-7-14(18-10)13(8-16)17-9-11-4-2-3-5-12(11)15/h2-7,13H,8-9,16H2,1H3. The van der Waals surface area contributed by atoms with Crippen LogP contribution in [0.5, 0.6) is 0 Å². The van der Waals surface area contributed by atoms with Gasteiger partial charge in [-0.2, -0.15) is 0 Å². The van der Waals surface area contributed by atoms with E-state index in [4.69, 9.17) is 22.1 Å². The summed E-state index contributed by atoms with van der Waals surface area (Å²) < 4.78 is 5.86. The van der Waals surface area contributed by atoms with Crippen LogP contribution in [0.2, 0.25) is 5.02 Å². The van der Waals surface area contributed by atoms with Crippen LogP contribution in [0.3, 0.4) is 0 Å².